The third kappa shape index (κ3) is 2.70. The van der Waals surface area contributed by atoms with Crippen molar-refractivity contribution in [2.75, 3.05) is 18.0 Å². The van der Waals surface area contributed by atoms with E-state index in [-0.39, 0.29) is 42.4 Å². The molecule has 9 heteroatoms. The van der Waals surface area contributed by atoms with E-state index in [4.69, 9.17) is 9.95 Å². The second kappa shape index (κ2) is 5.74. The lowest BCUT2D eigenvalue weighted by Crippen LogP contribution is -2.25. The Morgan fingerprint density at radius 2 is 2.18 bits per heavy atom. The van der Waals surface area contributed by atoms with E-state index in [0.29, 0.717) is 12.1 Å². The lowest BCUT2D eigenvalue weighted by atomic mass is 10.1. The molecule has 9 nitrogen and oxygen atoms in total. The predicted molar refractivity (Wildman–Crippen MR) is 75.9 cm³/mol. The normalized spacial score (nSPS) is 17.5. The Morgan fingerprint density at radius 3 is 2.91 bits per heavy atom. The van der Waals surface area contributed by atoms with Gasteiger partial charge in [-0.3, -0.25) is 9.69 Å². The molecule has 1 aromatic carbocycles. The standard InChI is InChI=1S/C13H12N6O3/c14-18-15-6-8-5-11(21)19(7-8)13-17-16-12(22-13)9-1-3-10(20)4-2-9/h1-4,8,20H,5-7H2. The number of phenols is 1. The highest BCUT2D eigenvalue weighted by atomic mass is 16.4. The van der Waals surface area contributed by atoms with Crippen molar-refractivity contribution in [1.82, 2.24) is 10.2 Å². The van der Waals surface area contributed by atoms with E-state index in [9.17, 15) is 9.90 Å². The molecule has 1 aliphatic rings. The summed E-state index contributed by atoms with van der Waals surface area (Å²) in [6.07, 6.45) is 0.288. The maximum Gasteiger partial charge on any atom is 0.325 e. The molecule has 1 N–H and O–H groups in total. The first-order valence-corrected chi connectivity index (χ1v) is 6.61. The van der Waals surface area contributed by atoms with Crippen molar-refractivity contribution in [3.8, 4) is 17.2 Å². The molecule has 1 aliphatic heterocycles. The van der Waals surface area contributed by atoms with Gasteiger partial charge in [-0.15, -0.1) is 5.10 Å². The molecule has 2 aromatic rings. The van der Waals surface area contributed by atoms with Gasteiger partial charge in [-0.25, -0.2) is 0 Å². The molecule has 0 radical (unpaired) electrons. The van der Waals surface area contributed by atoms with Crippen LogP contribution < -0.4 is 4.90 Å². The van der Waals surface area contributed by atoms with E-state index >= 15 is 0 Å². The summed E-state index contributed by atoms with van der Waals surface area (Å²) in [7, 11) is 0. The fraction of sp³-hybridized carbons (Fsp3) is 0.308. The van der Waals surface area contributed by atoms with Gasteiger partial charge in [0.2, 0.25) is 11.8 Å². The number of carbonyl (C=O) groups excluding carboxylic acids is 1. The van der Waals surface area contributed by atoms with Gasteiger partial charge in [0.05, 0.1) is 0 Å². The van der Waals surface area contributed by atoms with Gasteiger partial charge in [-0.05, 0) is 35.7 Å². The van der Waals surface area contributed by atoms with Gasteiger partial charge in [-0.1, -0.05) is 10.2 Å². The summed E-state index contributed by atoms with van der Waals surface area (Å²) in [6.45, 7) is 0.646. The van der Waals surface area contributed by atoms with Crippen LogP contribution in [0.2, 0.25) is 0 Å². The van der Waals surface area contributed by atoms with Crippen LogP contribution in [0.5, 0.6) is 5.75 Å². The molecule has 0 saturated carbocycles. The zero-order valence-corrected chi connectivity index (χ0v) is 11.5. The molecule has 0 spiro atoms. The van der Waals surface area contributed by atoms with Gasteiger partial charge < -0.3 is 9.52 Å². The molecule has 2 heterocycles. The van der Waals surface area contributed by atoms with E-state index in [0.717, 1.165) is 0 Å². The lowest BCUT2D eigenvalue weighted by Gasteiger charge is -2.09. The predicted octanol–water partition coefficient (Wildman–Crippen LogP) is 2.11. The van der Waals surface area contributed by atoms with Crippen LogP contribution in [0.15, 0.2) is 33.8 Å². The van der Waals surface area contributed by atoms with Crippen LogP contribution in [0.25, 0.3) is 21.9 Å². The Bertz CT molecular complexity index is 734. The van der Waals surface area contributed by atoms with Crippen molar-refractivity contribution >= 4 is 11.9 Å². The molecule has 1 atom stereocenters. The van der Waals surface area contributed by atoms with Crippen molar-refractivity contribution in [1.29, 1.82) is 0 Å². The molecule has 112 valence electrons. The largest absolute Gasteiger partial charge is 0.508 e. The van der Waals surface area contributed by atoms with E-state index in [1.165, 1.54) is 17.0 Å². The van der Waals surface area contributed by atoms with Gasteiger partial charge in [0.25, 0.3) is 0 Å². The second-order valence-electron chi connectivity index (χ2n) is 4.92. The first kappa shape index (κ1) is 13.9. The Labute approximate surface area is 124 Å². The minimum absolute atomic E-state index is 0.0487. The maximum atomic E-state index is 12.0. The maximum absolute atomic E-state index is 12.0. The fourth-order valence-corrected chi connectivity index (χ4v) is 2.29. The van der Waals surface area contributed by atoms with Crippen molar-refractivity contribution in [3.63, 3.8) is 0 Å². The zero-order chi connectivity index (χ0) is 15.5. The van der Waals surface area contributed by atoms with Crippen LogP contribution in [-0.2, 0) is 4.79 Å². The summed E-state index contributed by atoms with van der Waals surface area (Å²) in [5.41, 5.74) is 8.97. The summed E-state index contributed by atoms with van der Waals surface area (Å²) in [4.78, 5) is 16.1. The number of benzene rings is 1. The molecule has 0 aliphatic carbocycles. The molecule has 22 heavy (non-hydrogen) atoms. The van der Waals surface area contributed by atoms with Crippen molar-refractivity contribution in [2.24, 2.45) is 11.0 Å². The minimum atomic E-state index is -0.140. The van der Waals surface area contributed by atoms with Crippen molar-refractivity contribution in [2.45, 2.75) is 6.42 Å². The number of amides is 1. The number of hydrogen-bond acceptors (Lipinski definition) is 6. The average Bonchev–Trinajstić information content (AvgIpc) is 3.12. The zero-order valence-electron chi connectivity index (χ0n) is 11.5. The van der Waals surface area contributed by atoms with E-state index in [2.05, 4.69) is 20.2 Å². The second-order valence-corrected chi connectivity index (χ2v) is 4.92. The topological polar surface area (TPSA) is 128 Å². The van der Waals surface area contributed by atoms with Gasteiger partial charge in [0, 0.05) is 30.0 Å². The Balaban J connectivity index is 1.77. The minimum Gasteiger partial charge on any atom is -0.508 e. The number of hydrogen-bond donors (Lipinski definition) is 1. The number of rotatable bonds is 4. The highest BCUT2D eigenvalue weighted by molar-refractivity contribution is 5.93. The summed E-state index contributed by atoms with van der Waals surface area (Å²) in [6, 6.07) is 6.43. The number of aromatic nitrogens is 2. The van der Waals surface area contributed by atoms with Gasteiger partial charge >= 0.3 is 6.01 Å². The van der Waals surface area contributed by atoms with Crippen LogP contribution in [0, 0.1) is 5.92 Å². The number of anilines is 1. The first-order valence-electron chi connectivity index (χ1n) is 6.61. The van der Waals surface area contributed by atoms with E-state index in [1.54, 1.807) is 12.1 Å². The smallest absolute Gasteiger partial charge is 0.325 e. The van der Waals surface area contributed by atoms with Crippen molar-refractivity contribution in [3.05, 3.63) is 34.7 Å². The summed E-state index contributed by atoms with van der Waals surface area (Å²) >= 11 is 0. The molecule has 1 fully saturated rings. The third-order valence-corrected chi connectivity index (χ3v) is 3.37. The molecule has 1 amide bonds. The molecule has 1 aromatic heterocycles. The highest BCUT2D eigenvalue weighted by Gasteiger charge is 2.33. The monoisotopic (exact) mass is 300 g/mol. The van der Waals surface area contributed by atoms with Crippen LogP contribution >= 0.6 is 0 Å². The highest BCUT2D eigenvalue weighted by Crippen LogP contribution is 2.28. The van der Waals surface area contributed by atoms with Crippen LogP contribution in [0.4, 0.5) is 6.01 Å². The molecule has 1 unspecified atom stereocenters. The Hall–Kier alpha value is -3.06. The van der Waals surface area contributed by atoms with Crippen LogP contribution in [0.3, 0.4) is 0 Å². The van der Waals surface area contributed by atoms with Crippen LogP contribution in [-0.4, -0.2) is 34.3 Å². The van der Waals surface area contributed by atoms with Crippen molar-refractivity contribution < 1.29 is 14.3 Å². The third-order valence-electron chi connectivity index (χ3n) is 3.37. The van der Waals surface area contributed by atoms with Crippen LogP contribution in [0.1, 0.15) is 6.42 Å². The summed E-state index contributed by atoms with van der Waals surface area (Å²) in [5, 5.41) is 20.5. The molecular weight excluding hydrogens is 288 g/mol. The number of carbonyl (C=O) groups is 1. The van der Waals surface area contributed by atoms with Gasteiger partial charge in [0.15, 0.2) is 0 Å². The number of azide groups is 1. The Morgan fingerprint density at radius 1 is 1.41 bits per heavy atom. The number of nitrogens with zero attached hydrogens (tertiary/aromatic N) is 6. The number of phenolic OH excluding ortho intramolecular Hbond substituents is 1. The molecule has 3 rings (SSSR count). The van der Waals surface area contributed by atoms with Gasteiger partial charge in [-0.2, -0.15) is 0 Å². The van der Waals surface area contributed by atoms with E-state index < -0.39 is 0 Å². The summed E-state index contributed by atoms with van der Waals surface area (Å²) < 4.78 is 5.51. The van der Waals surface area contributed by atoms with E-state index in [1.807, 2.05) is 0 Å². The average molecular weight is 300 g/mol. The summed E-state index contributed by atoms with van der Waals surface area (Å²) in [5.74, 6) is 0.215. The van der Waals surface area contributed by atoms with Gasteiger partial charge in [0.1, 0.15) is 5.75 Å². The Kier molecular flexibility index (Phi) is 3.63. The molecule has 0 bridgehead atoms. The number of aromatic hydroxyl groups is 1. The quantitative estimate of drug-likeness (QED) is 0.525. The first-order chi connectivity index (χ1) is 10.7. The molecular formula is C13H12N6O3. The molecule has 1 saturated heterocycles. The fourth-order valence-electron chi connectivity index (χ4n) is 2.29. The lowest BCUT2D eigenvalue weighted by molar-refractivity contribution is -0.117. The SMILES string of the molecule is [N-]=[N+]=NCC1CC(=O)N(c2nnc(-c3ccc(O)cc3)o2)C1.